The van der Waals surface area contributed by atoms with Gasteiger partial charge >= 0.3 is 0 Å². The largest absolute Gasteiger partial charge is 0.330 e. The van der Waals surface area contributed by atoms with Gasteiger partial charge in [-0.15, -0.1) is 0 Å². The normalized spacial score (nSPS) is 13.5. The molecule has 0 heterocycles. The van der Waals surface area contributed by atoms with Crippen molar-refractivity contribution in [1.82, 2.24) is 4.90 Å². The van der Waals surface area contributed by atoms with Crippen LogP contribution in [0.3, 0.4) is 0 Å². The third-order valence-corrected chi connectivity index (χ3v) is 2.94. The summed E-state index contributed by atoms with van der Waals surface area (Å²) in [6.07, 6.45) is 7.95. The van der Waals surface area contributed by atoms with Crippen molar-refractivity contribution in [2.45, 2.75) is 58.4 Å². The van der Waals surface area contributed by atoms with Crippen LogP contribution in [0.25, 0.3) is 0 Å². The van der Waals surface area contributed by atoms with Gasteiger partial charge in [-0.25, -0.2) is 0 Å². The van der Waals surface area contributed by atoms with Crippen LogP contribution < -0.4 is 5.73 Å². The van der Waals surface area contributed by atoms with Gasteiger partial charge in [0.2, 0.25) is 0 Å². The maximum absolute atomic E-state index is 5.49. The fourth-order valence-corrected chi connectivity index (χ4v) is 1.65. The lowest BCUT2D eigenvalue weighted by atomic mass is 10.1. The highest BCUT2D eigenvalue weighted by Crippen LogP contribution is 2.09. The second-order valence-electron chi connectivity index (χ2n) is 4.32. The predicted molar refractivity (Wildman–Crippen MR) is 64.5 cm³/mol. The van der Waals surface area contributed by atoms with Crippen LogP contribution in [-0.4, -0.2) is 31.1 Å². The van der Waals surface area contributed by atoms with Crippen LogP contribution in [-0.2, 0) is 0 Å². The van der Waals surface area contributed by atoms with E-state index in [4.69, 9.17) is 5.73 Å². The van der Waals surface area contributed by atoms with E-state index in [1.165, 1.54) is 32.1 Å². The SMILES string of the molecule is CCCCCCC(C)N(C)CCCN. The minimum Gasteiger partial charge on any atom is -0.330 e. The summed E-state index contributed by atoms with van der Waals surface area (Å²) < 4.78 is 0. The molecule has 0 aliphatic carbocycles. The molecule has 0 fully saturated rings. The molecule has 0 aliphatic rings. The molecule has 0 aromatic rings. The van der Waals surface area contributed by atoms with Crippen molar-refractivity contribution >= 4 is 0 Å². The zero-order chi connectivity index (χ0) is 10.8. The number of hydrogen-bond donors (Lipinski definition) is 1. The Hall–Kier alpha value is -0.0800. The molecule has 1 atom stereocenters. The molecule has 0 saturated carbocycles. The highest BCUT2D eigenvalue weighted by atomic mass is 15.1. The smallest absolute Gasteiger partial charge is 0.00638 e. The Kier molecular flexibility index (Phi) is 9.42. The molecule has 0 rings (SSSR count). The van der Waals surface area contributed by atoms with Gasteiger partial charge < -0.3 is 10.6 Å². The lowest BCUT2D eigenvalue weighted by Crippen LogP contribution is -2.30. The third kappa shape index (κ3) is 7.34. The molecule has 0 saturated heterocycles. The first-order valence-corrected chi connectivity index (χ1v) is 6.12. The monoisotopic (exact) mass is 200 g/mol. The average molecular weight is 200 g/mol. The van der Waals surface area contributed by atoms with Gasteiger partial charge in [-0.1, -0.05) is 32.6 Å². The maximum Gasteiger partial charge on any atom is 0.00638 e. The zero-order valence-corrected chi connectivity index (χ0v) is 10.3. The fourth-order valence-electron chi connectivity index (χ4n) is 1.65. The van der Waals surface area contributed by atoms with Gasteiger partial charge in [0.15, 0.2) is 0 Å². The molecule has 2 nitrogen and oxygen atoms in total. The molecule has 1 unspecified atom stereocenters. The highest BCUT2D eigenvalue weighted by molar-refractivity contribution is 4.63. The van der Waals surface area contributed by atoms with Gasteiger partial charge in [0, 0.05) is 6.04 Å². The van der Waals surface area contributed by atoms with Gasteiger partial charge in [-0.2, -0.15) is 0 Å². The molecule has 2 heteroatoms. The van der Waals surface area contributed by atoms with Gasteiger partial charge in [-0.3, -0.25) is 0 Å². The molecule has 0 spiro atoms. The van der Waals surface area contributed by atoms with Crippen molar-refractivity contribution in [3.63, 3.8) is 0 Å². The maximum atomic E-state index is 5.49. The van der Waals surface area contributed by atoms with E-state index in [1.807, 2.05) is 0 Å². The van der Waals surface area contributed by atoms with Crippen molar-refractivity contribution < 1.29 is 0 Å². The standard InChI is InChI=1S/C12H28N2/c1-4-5-6-7-9-12(2)14(3)11-8-10-13/h12H,4-11,13H2,1-3H3. The molecule has 14 heavy (non-hydrogen) atoms. The van der Waals surface area contributed by atoms with Crippen molar-refractivity contribution in [3.05, 3.63) is 0 Å². The summed E-state index contributed by atoms with van der Waals surface area (Å²) in [5.74, 6) is 0. The summed E-state index contributed by atoms with van der Waals surface area (Å²) in [6.45, 7) is 6.54. The molecule has 0 aromatic carbocycles. The van der Waals surface area contributed by atoms with E-state index in [0.29, 0.717) is 0 Å². The molecule has 0 amide bonds. The highest BCUT2D eigenvalue weighted by Gasteiger charge is 2.07. The fraction of sp³-hybridized carbons (Fsp3) is 1.00. The topological polar surface area (TPSA) is 29.3 Å². The second kappa shape index (κ2) is 9.47. The van der Waals surface area contributed by atoms with E-state index in [1.54, 1.807) is 0 Å². The zero-order valence-electron chi connectivity index (χ0n) is 10.3. The Morgan fingerprint density at radius 1 is 1.14 bits per heavy atom. The van der Waals surface area contributed by atoms with Crippen LogP contribution in [0.2, 0.25) is 0 Å². The van der Waals surface area contributed by atoms with Gasteiger partial charge in [0.05, 0.1) is 0 Å². The number of rotatable bonds is 9. The molecule has 0 aliphatic heterocycles. The summed E-state index contributed by atoms with van der Waals surface area (Å²) in [7, 11) is 2.21. The molecular formula is C12H28N2. The molecule has 0 radical (unpaired) electrons. The number of nitrogens with zero attached hydrogens (tertiary/aromatic N) is 1. The number of unbranched alkanes of at least 4 members (excludes halogenated alkanes) is 3. The van der Waals surface area contributed by atoms with E-state index in [0.717, 1.165) is 25.6 Å². The Balaban J connectivity index is 3.36. The van der Waals surface area contributed by atoms with Crippen LogP contribution in [0.1, 0.15) is 52.4 Å². The molecule has 0 aromatic heterocycles. The summed E-state index contributed by atoms with van der Waals surface area (Å²) in [4.78, 5) is 2.43. The Morgan fingerprint density at radius 3 is 2.43 bits per heavy atom. The van der Waals surface area contributed by atoms with Gasteiger partial charge in [0.25, 0.3) is 0 Å². The molecular weight excluding hydrogens is 172 g/mol. The van der Waals surface area contributed by atoms with Crippen LogP contribution >= 0.6 is 0 Å². The second-order valence-corrected chi connectivity index (χ2v) is 4.32. The number of nitrogens with two attached hydrogens (primary N) is 1. The Bertz CT molecular complexity index is 115. The minimum atomic E-state index is 0.721. The molecule has 0 bridgehead atoms. The first-order chi connectivity index (χ1) is 6.72. The average Bonchev–Trinajstić information content (AvgIpc) is 2.20. The van der Waals surface area contributed by atoms with Gasteiger partial charge in [0.1, 0.15) is 0 Å². The minimum absolute atomic E-state index is 0.721. The lowest BCUT2D eigenvalue weighted by Gasteiger charge is -2.24. The first kappa shape index (κ1) is 13.9. The summed E-state index contributed by atoms with van der Waals surface area (Å²) >= 11 is 0. The van der Waals surface area contributed by atoms with Crippen LogP contribution in [0.15, 0.2) is 0 Å². The summed E-state index contributed by atoms with van der Waals surface area (Å²) in [5.41, 5.74) is 5.49. The Labute approximate surface area is 89.9 Å². The van der Waals surface area contributed by atoms with Crippen LogP contribution in [0, 0.1) is 0 Å². The van der Waals surface area contributed by atoms with Crippen molar-refractivity contribution in [1.29, 1.82) is 0 Å². The van der Waals surface area contributed by atoms with Crippen molar-refractivity contribution in [2.75, 3.05) is 20.1 Å². The van der Waals surface area contributed by atoms with Crippen molar-refractivity contribution in [2.24, 2.45) is 5.73 Å². The lowest BCUT2D eigenvalue weighted by molar-refractivity contribution is 0.240. The Morgan fingerprint density at radius 2 is 1.86 bits per heavy atom. The van der Waals surface area contributed by atoms with E-state index in [2.05, 4.69) is 25.8 Å². The third-order valence-electron chi connectivity index (χ3n) is 2.94. The first-order valence-electron chi connectivity index (χ1n) is 6.12. The van der Waals surface area contributed by atoms with Crippen LogP contribution in [0.5, 0.6) is 0 Å². The molecule has 86 valence electrons. The number of hydrogen-bond acceptors (Lipinski definition) is 2. The van der Waals surface area contributed by atoms with Crippen LogP contribution in [0.4, 0.5) is 0 Å². The van der Waals surface area contributed by atoms with E-state index >= 15 is 0 Å². The van der Waals surface area contributed by atoms with Crippen molar-refractivity contribution in [3.8, 4) is 0 Å². The summed E-state index contributed by atoms with van der Waals surface area (Å²) in [6, 6.07) is 0.721. The summed E-state index contributed by atoms with van der Waals surface area (Å²) in [5, 5.41) is 0. The van der Waals surface area contributed by atoms with E-state index < -0.39 is 0 Å². The predicted octanol–water partition coefficient (Wildman–Crippen LogP) is 2.63. The van der Waals surface area contributed by atoms with E-state index in [-0.39, 0.29) is 0 Å². The molecule has 2 N–H and O–H groups in total. The van der Waals surface area contributed by atoms with E-state index in [9.17, 15) is 0 Å². The van der Waals surface area contributed by atoms with Gasteiger partial charge in [-0.05, 0) is 39.9 Å². The quantitative estimate of drug-likeness (QED) is 0.580.